The molecule has 1 aliphatic rings. The second kappa shape index (κ2) is 13.1. The Hall–Kier alpha value is -3.32. The summed E-state index contributed by atoms with van der Waals surface area (Å²) in [6.07, 6.45) is 0. The zero-order chi connectivity index (χ0) is 25.5. The number of hydrogen-bond donors (Lipinski definition) is 3. The molecule has 1 unspecified atom stereocenters. The lowest BCUT2D eigenvalue weighted by molar-refractivity contribution is -0.139. The highest BCUT2D eigenvalue weighted by molar-refractivity contribution is 6.42. The number of hydrogen-bond acceptors (Lipinski definition) is 10. The van der Waals surface area contributed by atoms with Crippen LogP contribution in [0.5, 0.6) is 0 Å². The Morgan fingerprint density at radius 2 is 1.97 bits per heavy atom. The van der Waals surface area contributed by atoms with Crippen molar-refractivity contribution in [1.82, 2.24) is 15.5 Å². The topological polar surface area (TPSA) is 176 Å². The zero-order valence-corrected chi connectivity index (χ0v) is 21.2. The van der Waals surface area contributed by atoms with Gasteiger partial charge in [0.25, 0.3) is 0 Å². The maximum absolute atomic E-state index is 13.1. The Bertz CT molecular complexity index is 1220. The molecule has 0 amide bonds. The molecule has 0 saturated heterocycles. The molecule has 5 N–H and O–H groups in total. The van der Waals surface area contributed by atoms with Crippen molar-refractivity contribution < 1.29 is 33.8 Å². The number of carbonyl (C=O) groups excluding carboxylic acids is 2. The number of H-pyrrole nitrogens is 1. The fraction of sp³-hybridized carbons (Fsp3) is 0.364. The third-order valence-corrected chi connectivity index (χ3v) is 5.90. The van der Waals surface area contributed by atoms with E-state index in [1.54, 1.807) is 32.0 Å². The van der Waals surface area contributed by atoms with Crippen LogP contribution in [0.15, 0.2) is 50.1 Å². The van der Waals surface area contributed by atoms with Gasteiger partial charge in [-0.15, -0.1) is 0 Å². The van der Waals surface area contributed by atoms with Crippen LogP contribution in [-0.4, -0.2) is 61.0 Å². The molecular formula is C22H26Cl2N4O8. The first kappa shape index (κ1) is 28.9. The summed E-state index contributed by atoms with van der Waals surface area (Å²) in [6, 6.07) is 4.96. The number of nitrogens with one attached hydrogen (secondary N) is 3. The van der Waals surface area contributed by atoms with Crippen LogP contribution < -0.4 is 16.4 Å². The molecule has 0 radical (unpaired) electrons. The highest BCUT2D eigenvalue weighted by Gasteiger charge is 2.40. The molecule has 0 aliphatic carbocycles. The lowest BCUT2D eigenvalue weighted by Gasteiger charge is -2.31. The standard InChI is InChI=1S/C22H24Cl2N4O7.H2O/c1-4-34-20(30)17-14(10-33-9-8-25-21-27-22(31)35-28-21)26-11(2)15(19(29)32-3)16(17)12-6-5-7-13(23)18(12)24;/h5-7,16,26H,4,8-10H2,1-3H3,(H2,25,27,28,31);1H2. The Labute approximate surface area is 215 Å². The first-order valence-corrected chi connectivity index (χ1v) is 11.3. The maximum Gasteiger partial charge on any atom is 0.440 e. The normalized spacial score (nSPS) is 15.2. The van der Waals surface area contributed by atoms with Gasteiger partial charge in [0.15, 0.2) is 0 Å². The smallest absolute Gasteiger partial charge is 0.440 e. The average molecular weight is 545 g/mol. The molecular weight excluding hydrogens is 519 g/mol. The minimum Gasteiger partial charge on any atom is -0.466 e. The van der Waals surface area contributed by atoms with Crippen molar-refractivity contribution in [3.8, 4) is 0 Å². The number of carbonyl (C=O) groups is 2. The van der Waals surface area contributed by atoms with Crippen LogP contribution in [0.25, 0.3) is 0 Å². The fourth-order valence-electron chi connectivity index (χ4n) is 3.62. The Kier molecular flexibility index (Phi) is 10.5. The van der Waals surface area contributed by atoms with Gasteiger partial charge in [-0.2, -0.15) is 0 Å². The van der Waals surface area contributed by atoms with Crippen molar-refractivity contribution in [2.24, 2.45) is 0 Å². The number of ether oxygens (including phenoxy) is 3. The second-order valence-corrected chi connectivity index (χ2v) is 8.05. The van der Waals surface area contributed by atoms with Gasteiger partial charge in [0, 0.05) is 12.2 Å². The van der Waals surface area contributed by atoms with Crippen LogP contribution in [0.2, 0.25) is 10.0 Å². The van der Waals surface area contributed by atoms with Crippen LogP contribution in [0.1, 0.15) is 25.3 Å². The molecule has 0 fully saturated rings. The highest BCUT2D eigenvalue weighted by Crippen LogP contribution is 2.43. The Morgan fingerprint density at radius 1 is 1.22 bits per heavy atom. The Morgan fingerprint density at radius 3 is 2.61 bits per heavy atom. The van der Waals surface area contributed by atoms with Crippen LogP contribution in [0, 0.1) is 0 Å². The van der Waals surface area contributed by atoms with Crippen LogP contribution in [0.4, 0.5) is 5.95 Å². The molecule has 36 heavy (non-hydrogen) atoms. The Balaban J connectivity index is 0.00000456. The number of dihydropyridines is 1. The van der Waals surface area contributed by atoms with Gasteiger partial charge >= 0.3 is 17.7 Å². The number of aromatic nitrogens is 2. The van der Waals surface area contributed by atoms with Crippen molar-refractivity contribution in [2.45, 2.75) is 19.8 Å². The molecule has 196 valence electrons. The van der Waals surface area contributed by atoms with Crippen LogP contribution in [-0.2, 0) is 23.8 Å². The second-order valence-electron chi connectivity index (χ2n) is 7.27. The van der Waals surface area contributed by atoms with E-state index in [-0.39, 0.29) is 59.0 Å². The number of nitrogens with zero attached hydrogens (tertiary/aromatic N) is 1. The summed E-state index contributed by atoms with van der Waals surface area (Å²) >= 11 is 12.8. The summed E-state index contributed by atoms with van der Waals surface area (Å²) < 4.78 is 20.4. The van der Waals surface area contributed by atoms with E-state index in [2.05, 4.69) is 25.3 Å². The van der Waals surface area contributed by atoms with Crippen molar-refractivity contribution in [3.63, 3.8) is 0 Å². The van der Waals surface area contributed by atoms with E-state index in [4.69, 9.17) is 37.4 Å². The average Bonchev–Trinajstić information content (AvgIpc) is 3.24. The number of methoxy groups -OCH3 is 1. The van der Waals surface area contributed by atoms with Gasteiger partial charge in [0.1, 0.15) is 0 Å². The molecule has 12 nitrogen and oxygen atoms in total. The predicted octanol–water partition coefficient (Wildman–Crippen LogP) is 1.92. The van der Waals surface area contributed by atoms with E-state index in [1.165, 1.54) is 7.11 Å². The van der Waals surface area contributed by atoms with Crippen molar-refractivity contribution in [1.29, 1.82) is 0 Å². The number of benzene rings is 1. The number of allylic oxidation sites excluding steroid dienone is 1. The summed E-state index contributed by atoms with van der Waals surface area (Å²) in [6.45, 7) is 3.92. The molecule has 1 aliphatic heterocycles. The summed E-state index contributed by atoms with van der Waals surface area (Å²) in [4.78, 5) is 39.3. The van der Waals surface area contributed by atoms with E-state index in [0.717, 1.165) is 0 Å². The van der Waals surface area contributed by atoms with E-state index in [9.17, 15) is 14.4 Å². The zero-order valence-electron chi connectivity index (χ0n) is 19.7. The van der Waals surface area contributed by atoms with Crippen LogP contribution >= 0.6 is 23.2 Å². The molecule has 2 aromatic rings. The van der Waals surface area contributed by atoms with E-state index in [0.29, 0.717) is 17.0 Å². The van der Waals surface area contributed by atoms with Crippen molar-refractivity contribution >= 4 is 41.1 Å². The summed E-state index contributed by atoms with van der Waals surface area (Å²) in [5.74, 6) is -2.71. The molecule has 2 heterocycles. The molecule has 0 saturated carbocycles. The van der Waals surface area contributed by atoms with Gasteiger partial charge in [0.05, 0.1) is 59.7 Å². The van der Waals surface area contributed by atoms with Gasteiger partial charge in [-0.25, -0.2) is 14.4 Å². The lowest BCUT2D eigenvalue weighted by Crippen LogP contribution is -2.35. The van der Waals surface area contributed by atoms with Gasteiger partial charge < -0.3 is 30.3 Å². The van der Waals surface area contributed by atoms with E-state index < -0.39 is 23.6 Å². The monoisotopic (exact) mass is 544 g/mol. The largest absolute Gasteiger partial charge is 0.466 e. The van der Waals surface area contributed by atoms with Crippen molar-refractivity contribution in [2.75, 3.05) is 38.8 Å². The van der Waals surface area contributed by atoms with E-state index >= 15 is 0 Å². The van der Waals surface area contributed by atoms with Gasteiger partial charge in [-0.1, -0.05) is 35.3 Å². The molecule has 1 aromatic carbocycles. The summed E-state index contributed by atoms with van der Waals surface area (Å²) in [5, 5.41) is 9.86. The fourth-order valence-corrected chi connectivity index (χ4v) is 4.03. The molecule has 1 atom stereocenters. The van der Waals surface area contributed by atoms with Crippen molar-refractivity contribution in [3.05, 3.63) is 66.9 Å². The first-order chi connectivity index (χ1) is 16.8. The highest BCUT2D eigenvalue weighted by atomic mass is 35.5. The SMILES string of the molecule is CCOC(=O)C1=C(COCCNc2noc(=O)[nH]2)NC(C)=C(C(=O)OC)C1c1cccc(Cl)c1Cl.O. The van der Waals surface area contributed by atoms with Crippen LogP contribution in [0.3, 0.4) is 0 Å². The predicted molar refractivity (Wildman–Crippen MR) is 131 cm³/mol. The van der Waals surface area contributed by atoms with Gasteiger partial charge in [0.2, 0.25) is 5.95 Å². The third-order valence-electron chi connectivity index (χ3n) is 5.06. The number of rotatable bonds is 10. The van der Waals surface area contributed by atoms with Gasteiger partial charge in [-0.05, 0) is 30.6 Å². The molecule has 14 heteroatoms. The molecule has 0 spiro atoms. The quantitative estimate of drug-likeness (QED) is 0.295. The molecule has 1 aromatic heterocycles. The lowest BCUT2D eigenvalue weighted by atomic mass is 9.80. The van der Waals surface area contributed by atoms with Gasteiger partial charge in [-0.3, -0.25) is 9.51 Å². The third kappa shape index (κ3) is 6.46. The maximum atomic E-state index is 13.1. The number of esters is 2. The molecule has 0 bridgehead atoms. The minimum atomic E-state index is -0.911. The number of aromatic amines is 1. The molecule has 3 rings (SSSR count). The first-order valence-electron chi connectivity index (χ1n) is 10.6. The number of halogens is 2. The summed E-state index contributed by atoms with van der Waals surface area (Å²) in [7, 11) is 1.25. The summed E-state index contributed by atoms with van der Waals surface area (Å²) in [5.41, 5.74) is 1.64. The minimum absolute atomic E-state index is 0. The number of anilines is 1. The van der Waals surface area contributed by atoms with E-state index in [1.807, 2.05) is 0 Å².